The third-order valence-corrected chi connectivity index (χ3v) is 3.55. The van der Waals surface area contributed by atoms with Crippen molar-refractivity contribution in [2.75, 3.05) is 19.7 Å². The Morgan fingerprint density at radius 3 is 2.75 bits per heavy atom. The molecule has 1 unspecified atom stereocenters. The number of hydrogen-bond acceptors (Lipinski definition) is 1. The summed E-state index contributed by atoms with van der Waals surface area (Å²) in [4.78, 5) is 1.62. The van der Waals surface area contributed by atoms with E-state index in [0.717, 1.165) is 13.1 Å². The number of aliphatic hydroxyl groups excluding tert-OH is 1. The molecule has 1 aliphatic rings. The van der Waals surface area contributed by atoms with Crippen LogP contribution in [0, 0.1) is 12.8 Å². The van der Waals surface area contributed by atoms with Gasteiger partial charge < -0.3 is 10.0 Å². The van der Waals surface area contributed by atoms with Gasteiger partial charge in [0.15, 0.2) is 0 Å². The minimum absolute atomic E-state index is 0.359. The van der Waals surface area contributed by atoms with Gasteiger partial charge in [-0.2, -0.15) is 0 Å². The molecule has 0 bridgehead atoms. The Balaban J connectivity index is 1.91. The lowest BCUT2D eigenvalue weighted by atomic mass is 9.98. The van der Waals surface area contributed by atoms with Gasteiger partial charge in [-0.05, 0) is 19.8 Å². The Morgan fingerprint density at radius 2 is 2.06 bits per heavy atom. The van der Waals surface area contributed by atoms with Gasteiger partial charge in [-0.1, -0.05) is 29.8 Å². The van der Waals surface area contributed by atoms with Gasteiger partial charge in [0.25, 0.3) is 0 Å². The number of aryl methyl sites for hydroxylation is 1. The molecule has 2 N–H and O–H groups in total. The zero-order valence-corrected chi connectivity index (χ0v) is 10.1. The summed E-state index contributed by atoms with van der Waals surface area (Å²) in [6, 6.07) is 8.82. The van der Waals surface area contributed by atoms with Gasteiger partial charge in [0.2, 0.25) is 0 Å². The SMILES string of the molecule is Cc1ccc(C[NH+]2CCC[C@@H](CO)C2)cc1. The van der Waals surface area contributed by atoms with Crippen LogP contribution in [0.3, 0.4) is 0 Å². The molecule has 16 heavy (non-hydrogen) atoms. The maximum absolute atomic E-state index is 9.20. The van der Waals surface area contributed by atoms with Crippen molar-refractivity contribution in [3.63, 3.8) is 0 Å². The number of quaternary nitrogens is 1. The Bertz CT molecular complexity index is 320. The van der Waals surface area contributed by atoms with Gasteiger partial charge >= 0.3 is 0 Å². The minimum Gasteiger partial charge on any atom is -0.396 e. The predicted molar refractivity (Wildman–Crippen MR) is 65.4 cm³/mol. The fraction of sp³-hybridized carbons (Fsp3) is 0.571. The second-order valence-electron chi connectivity index (χ2n) is 5.06. The summed E-state index contributed by atoms with van der Waals surface area (Å²) in [5, 5.41) is 9.20. The standard InChI is InChI=1S/C14H21NO/c1-12-4-6-13(7-5-12)9-15-8-2-3-14(10-15)11-16/h4-7,14,16H,2-3,8-11H2,1H3/p+1/t14-/m1/s1. The van der Waals surface area contributed by atoms with Crippen molar-refractivity contribution < 1.29 is 10.0 Å². The molecule has 2 rings (SSSR count). The van der Waals surface area contributed by atoms with Crippen LogP contribution in [0.5, 0.6) is 0 Å². The average molecular weight is 220 g/mol. The minimum atomic E-state index is 0.359. The lowest BCUT2D eigenvalue weighted by molar-refractivity contribution is -0.922. The van der Waals surface area contributed by atoms with Crippen LogP contribution >= 0.6 is 0 Å². The third-order valence-electron chi connectivity index (χ3n) is 3.55. The second kappa shape index (κ2) is 5.46. The molecular weight excluding hydrogens is 198 g/mol. The van der Waals surface area contributed by atoms with Gasteiger partial charge in [-0.25, -0.2) is 0 Å². The molecule has 0 aliphatic carbocycles. The van der Waals surface area contributed by atoms with Crippen LogP contribution in [0.15, 0.2) is 24.3 Å². The first-order chi connectivity index (χ1) is 7.78. The average Bonchev–Trinajstić information content (AvgIpc) is 2.32. The highest BCUT2D eigenvalue weighted by Gasteiger charge is 2.22. The Hall–Kier alpha value is -0.860. The monoisotopic (exact) mass is 220 g/mol. The lowest BCUT2D eigenvalue weighted by Crippen LogP contribution is -3.12. The highest BCUT2D eigenvalue weighted by atomic mass is 16.3. The quantitative estimate of drug-likeness (QED) is 0.773. The zero-order chi connectivity index (χ0) is 11.4. The zero-order valence-electron chi connectivity index (χ0n) is 10.1. The van der Waals surface area contributed by atoms with E-state index in [-0.39, 0.29) is 0 Å². The summed E-state index contributed by atoms with van der Waals surface area (Å²) in [5.41, 5.74) is 2.74. The van der Waals surface area contributed by atoms with Crippen LogP contribution in [0.25, 0.3) is 0 Å². The van der Waals surface area contributed by atoms with Crippen LogP contribution in [0.2, 0.25) is 0 Å². The van der Waals surface area contributed by atoms with E-state index in [1.165, 1.54) is 30.5 Å². The summed E-state index contributed by atoms with van der Waals surface area (Å²) in [6.45, 7) is 5.97. The summed E-state index contributed by atoms with van der Waals surface area (Å²) in [7, 11) is 0. The molecule has 1 heterocycles. The number of rotatable bonds is 3. The molecule has 1 aromatic rings. The van der Waals surface area contributed by atoms with Crippen molar-refractivity contribution in [3.8, 4) is 0 Å². The molecule has 0 spiro atoms. The van der Waals surface area contributed by atoms with Gasteiger partial charge in [0, 0.05) is 11.5 Å². The fourth-order valence-electron chi connectivity index (χ4n) is 2.56. The van der Waals surface area contributed by atoms with Gasteiger partial charge in [0.05, 0.1) is 19.7 Å². The maximum atomic E-state index is 9.20. The van der Waals surface area contributed by atoms with Gasteiger partial charge in [0.1, 0.15) is 6.54 Å². The highest BCUT2D eigenvalue weighted by molar-refractivity contribution is 5.20. The Labute approximate surface area is 97.9 Å². The first-order valence-electron chi connectivity index (χ1n) is 6.28. The number of aliphatic hydroxyl groups is 1. The molecule has 1 saturated heterocycles. The highest BCUT2D eigenvalue weighted by Crippen LogP contribution is 2.07. The number of likely N-dealkylation sites (tertiary alicyclic amines) is 1. The molecule has 2 heteroatoms. The smallest absolute Gasteiger partial charge is 0.103 e. The topological polar surface area (TPSA) is 24.7 Å². The van der Waals surface area contributed by atoms with Crippen LogP contribution in [-0.4, -0.2) is 24.8 Å². The first-order valence-corrected chi connectivity index (χ1v) is 6.28. The summed E-state index contributed by atoms with van der Waals surface area (Å²) < 4.78 is 0. The summed E-state index contributed by atoms with van der Waals surface area (Å²) in [6.07, 6.45) is 2.46. The fourth-order valence-corrected chi connectivity index (χ4v) is 2.56. The van der Waals surface area contributed by atoms with Crippen molar-refractivity contribution in [2.45, 2.75) is 26.3 Å². The summed E-state index contributed by atoms with van der Waals surface area (Å²) in [5.74, 6) is 0.522. The number of nitrogens with one attached hydrogen (secondary N) is 1. The molecule has 0 radical (unpaired) electrons. The van der Waals surface area contributed by atoms with E-state index in [1.807, 2.05) is 0 Å². The molecule has 0 amide bonds. The van der Waals surface area contributed by atoms with E-state index in [0.29, 0.717) is 12.5 Å². The van der Waals surface area contributed by atoms with Crippen LogP contribution in [0.1, 0.15) is 24.0 Å². The van der Waals surface area contributed by atoms with E-state index in [4.69, 9.17) is 0 Å². The van der Waals surface area contributed by atoms with E-state index in [2.05, 4.69) is 31.2 Å². The van der Waals surface area contributed by atoms with Gasteiger partial charge in [-0.15, -0.1) is 0 Å². The van der Waals surface area contributed by atoms with Crippen LogP contribution in [0.4, 0.5) is 0 Å². The molecule has 2 nitrogen and oxygen atoms in total. The van der Waals surface area contributed by atoms with E-state index < -0.39 is 0 Å². The third kappa shape index (κ3) is 3.06. The normalized spacial score (nSPS) is 25.6. The molecule has 1 fully saturated rings. The number of hydrogen-bond donors (Lipinski definition) is 2. The van der Waals surface area contributed by atoms with Crippen LogP contribution in [-0.2, 0) is 6.54 Å². The number of benzene rings is 1. The van der Waals surface area contributed by atoms with E-state index in [1.54, 1.807) is 4.90 Å². The molecule has 0 aromatic heterocycles. The predicted octanol–water partition coefficient (Wildman–Crippen LogP) is 0.782. The molecule has 1 aromatic carbocycles. The van der Waals surface area contributed by atoms with Gasteiger partial charge in [-0.3, -0.25) is 0 Å². The maximum Gasteiger partial charge on any atom is 0.103 e. The Morgan fingerprint density at radius 1 is 1.31 bits per heavy atom. The molecule has 88 valence electrons. The molecule has 2 atom stereocenters. The first kappa shape index (κ1) is 11.6. The summed E-state index contributed by atoms with van der Waals surface area (Å²) >= 11 is 0. The van der Waals surface area contributed by atoms with Crippen molar-refractivity contribution in [2.24, 2.45) is 5.92 Å². The van der Waals surface area contributed by atoms with Crippen molar-refractivity contribution in [1.82, 2.24) is 0 Å². The lowest BCUT2D eigenvalue weighted by Gasteiger charge is -2.28. The van der Waals surface area contributed by atoms with Crippen LogP contribution < -0.4 is 4.90 Å². The second-order valence-corrected chi connectivity index (χ2v) is 5.06. The van der Waals surface area contributed by atoms with Crippen molar-refractivity contribution >= 4 is 0 Å². The van der Waals surface area contributed by atoms with E-state index in [9.17, 15) is 5.11 Å². The Kier molecular flexibility index (Phi) is 3.97. The van der Waals surface area contributed by atoms with Crippen molar-refractivity contribution in [1.29, 1.82) is 0 Å². The molecular formula is C14H22NO+. The largest absolute Gasteiger partial charge is 0.396 e. The number of piperidine rings is 1. The van der Waals surface area contributed by atoms with Crippen molar-refractivity contribution in [3.05, 3.63) is 35.4 Å². The molecule has 1 aliphatic heterocycles. The molecule has 0 saturated carbocycles. The van der Waals surface area contributed by atoms with E-state index >= 15 is 0 Å².